The quantitative estimate of drug-likeness (QED) is 0.653. The van der Waals surface area contributed by atoms with Crippen molar-refractivity contribution in [2.24, 2.45) is 17.8 Å². The molecule has 0 radical (unpaired) electrons. The van der Waals surface area contributed by atoms with Crippen LogP contribution in [0.2, 0.25) is 0 Å². The first-order valence-electron chi connectivity index (χ1n) is 6.16. The highest BCUT2D eigenvalue weighted by molar-refractivity contribution is 7.80. The van der Waals surface area contributed by atoms with Crippen molar-refractivity contribution in [3.63, 3.8) is 0 Å². The Labute approximate surface area is 92.7 Å². The molecule has 4 aliphatic rings. The molecule has 2 aliphatic carbocycles. The van der Waals surface area contributed by atoms with Crippen LogP contribution in [0.5, 0.6) is 0 Å². The van der Waals surface area contributed by atoms with Crippen molar-refractivity contribution in [1.82, 2.24) is 4.90 Å². The first-order chi connectivity index (χ1) is 6.72. The van der Waals surface area contributed by atoms with Gasteiger partial charge in [0.25, 0.3) is 0 Å². The Bertz CT molecular complexity index is 214. The van der Waals surface area contributed by atoms with Gasteiger partial charge in [-0.05, 0) is 56.8 Å². The smallest absolute Gasteiger partial charge is 0.0502 e. The summed E-state index contributed by atoms with van der Waals surface area (Å²) in [5, 5.41) is 0.470. The van der Waals surface area contributed by atoms with Crippen LogP contribution in [0, 0.1) is 17.8 Å². The molecule has 14 heavy (non-hydrogen) atoms. The zero-order valence-electron chi connectivity index (χ0n) is 9.02. The van der Waals surface area contributed by atoms with E-state index in [9.17, 15) is 0 Å². The lowest BCUT2D eigenvalue weighted by atomic mass is 9.68. The van der Waals surface area contributed by atoms with Gasteiger partial charge in [0.15, 0.2) is 0 Å². The van der Waals surface area contributed by atoms with Gasteiger partial charge in [0, 0.05) is 12.6 Å². The topological polar surface area (TPSA) is 3.24 Å². The molecule has 2 heterocycles. The van der Waals surface area contributed by atoms with Crippen LogP contribution in [-0.2, 0) is 0 Å². The number of fused-ring (bicyclic) bond motifs is 1. The lowest BCUT2D eigenvalue weighted by molar-refractivity contribution is 0.123. The number of hydrogen-bond acceptors (Lipinski definition) is 2. The van der Waals surface area contributed by atoms with E-state index in [-0.39, 0.29) is 0 Å². The molecule has 4 bridgehead atoms. The monoisotopic (exact) mass is 211 g/mol. The molecule has 2 heteroatoms. The number of nitrogens with zero attached hydrogens (tertiary/aromatic N) is 1. The van der Waals surface area contributed by atoms with Crippen molar-refractivity contribution in [2.75, 3.05) is 6.54 Å². The standard InChI is InChI=1S/C12H21NS/c1-8(14)13-7-11-3-9-2-10(4-11)6-12(13)5-9/h8-12,14H,2-7H2,1H3. The fourth-order valence-corrected chi connectivity index (χ4v) is 4.56. The summed E-state index contributed by atoms with van der Waals surface area (Å²) in [7, 11) is 0. The number of rotatable bonds is 1. The molecule has 4 fully saturated rings. The molecule has 1 nitrogen and oxygen atoms in total. The van der Waals surface area contributed by atoms with Crippen LogP contribution >= 0.6 is 12.6 Å². The Balaban J connectivity index is 1.86. The van der Waals surface area contributed by atoms with E-state index < -0.39 is 0 Å². The molecule has 0 aromatic carbocycles. The third kappa shape index (κ3) is 1.51. The van der Waals surface area contributed by atoms with E-state index in [0.717, 1.165) is 23.8 Å². The van der Waals surface area contributed by atoms with Gasteiger partial charge in [0.2, 0.25) is 0 Å². The summed E-state index contributed by atoms with van der Waals surface area (Å²) in [4.78, 5) is 2.67. The van der Waals surface area contributed by atoms with E-state index in [1.807, 2.05) is 0 Å². The van der Waals surface area contributed by atoms with Gasteiger partial charge in [-0.25, -0.2) is 0 Å². The summed E-state index contributed by atoms with van der Waals surface area (Å²) in [5.41, 5.74) is 0. The van der Waals surface area contributed by atoms with Crippen molar-refractivity contribution < 1.29 is 0 Å². The second-order valence-corrected chi connectivity index (χ2v) is 6.51. The minimum atomic E-state index is 0.470. The molecule has 0 aromatic rings. The maximum absolute atomic E-state index is 4.64. The summed E-state index contributed by atoms with van der Waals surface area (Å²) in [6, 6.07) is 0.874. The van der Waals surface area contributed by atoms with E-state index in [2.05, 4.69) is 24.5 Å². The van der Waals surface area contributed by atoms with E-state index >= 15 is 0 Å². The maximum atomic E-state index is 4.64. The highest BCUT2D eigenvalue weighted by atomic mass is 32.1. The van der Waals surface area contributed by atoms with Crippen LogP contribution in [0.1, 0.15) is 39.0 Å². The Morgan fingerprint density at radius 1 is 1.00 bits per heavy atom. The Morgan fingerprint density at radius 2 is 1.57 bits per heavy atom. The molecule has 2 aliphatic heterocycles. The minimum Gasteiger partial charge on any atom is -0.289 e. The molecule has 0 amide bonds. The van der Waals surface area contributed by atoms with Crippen LogP contribution in [0.4, 0.5) is 0 Å². The summed E-state index contributed by atoms with van der Waals surface area (Å²) < 4.78 is 0. The van der Waals surface area contributed by atoms with E-state index in [4.69, 9.17) is 0 Å². The molecule has 3 unspecified atom stereocenters. The molecular weight excluding hydrogens is 190 g/mol. The second-order valence-electron chi connectivity index (χ2n) is 5.76. The second kappa shape index (κ2) is 3.41. The van der Waals surface area contributed by atoms with Crippen molar-refractivity contribution in [3.05, 3.63) is 0 Å². The first-order valence-corrected chi connectivity index (χ1v) is 6.68. The SMILES string of the molecule is CC(S)N1CC2CC3CC(C2)CC1C3. The maximum Gasteiger partial charge on any atom is 0.0502 e. The van der Waals surface area contributed by atoms with Gasteiger partial charge in [0.1, 0.15) is 0 Å². The van der Waals surface area contributed by atoms with Crippen LogP contribution in [-0.4, -0.2) is 22.9 Å². The van der Waals surface area contributed by atoms with Gasteiger partial charge in [-0.2, -0.15) is 12.6 Å². The van der Waals surface area contributed by atoms with Crippen LogP contribution in [0.15, 0.2) is 0 Å². The fourth-order valence-electron chi connectivity index (χ4n) is 4.28. The molecule has 80 valence electrons. The minimum absolute atomic E-state index is 0.470. The molecular formula is C12H21NS. The molecule has 2 saturated heterocycles. The Hall–Kier alpha value is 0.310. The summed E-state index contributed by atoms with van der Waals surface area (Å²) in [5.74, 6) is 3.13. The predicted molar refractivity (Wildman–Crippen MR) is 62.5 cm³/mol. The normalized spacial score (nSPS) is 49.3. The zero-order valence-corrected chi connectivity index (χ0v) is 9.92. The summed E-state index contributed by atoms with van der Waals surface area (Å²) in [6.07, 6.45) is 7.52. The van der Waals surface area contributed by atoms with Gasteiger partial charge in [-0.3, -0.25) is 4.90 Å². The molecule has 0 N–H and O–H groups in total. The zero-order chi connectivity index (χ0) is 9.71. The van der Waals surface area contributed by atoms with Crippen molar-refractivity contribution in [3.8, 4) is 0 Å². The van der Waals surface area contributed by atoms with Crippen molar-refractivity contribution in [2.45, 2.75) is 50.4 Å². The number of hydrogen-bond donors (Lipinski definition) is 1. The first kappa shape index (κ1) is 9.53. The van der Waals surface area contributed by atoms with Crippen molar-refractivity contribution in [1.29, 1.82) is 0 Å². The molecule has 0 aromatic heterocycles. The lowest BCUT2D eigenvalue weighted by Crippen LogP contribution is -2.41. The van der Waals surface area contributed by atoms with Crippen molar-refractivity contribution >= 4 is 12.6 Å². The summed E-state index contributed by atoms with van der Waals surface area (Å²) >= 11 is 4.64. The highest BCUT2D eigenvalue weighted by Crippen LogP contribution is 2.47. The molecule has 2 saturated carbocycles. The van der Waals surface area contributed by atoms with Gasteiger partial charge >= 0.3 is 0 Å². The fraction of sp³-hybridized carbons (Fsp3) is 1.00. The molecule has 4 rings (SSSR count). The average Bonchev–Trinajstić information content (AvgIpc) is 2.30. The number of thiol groups is 1. The van der Waals surface area contributed by atoms with Gasteiger partial charge in [-0.1, -0.05) is 0 Å². The van der Waals surface area contributed by atoms with Gasteiger partial charge < -0.3 is 0 Å². The Kier molecular flexibility index (Phi) is 2.32. The van der Waals surface area contributed by atoms with Gasteiger partial charge in [-0.15, -0.1) is 0 Å². The average molecular weight is 211 g/mol. The Morgan fingerprint density at radius 3 is 2.14 bits per heavy atom. The largest absolute Gasteiger partial charge is 0.289 e. The lowest BCUT2D eigenvalue weighted by Gasteiger charge is -2.39. The van der Waals surface area contributed by atoms with Crippen LogP contribution < -0.4 is 0 Å². The van der Waals surface area contributed by atoms with Crippen LogP contribution in [0.25, 0.3) is 0 Å². The third-order valence-electron chi connectivity index (χ3n) is 4.63. The molecule has 3 atom stereocenters. The predicted octanol–water partition coefficient (Wildman–Crippen LogP) is 2.77. The molecule has 0 spiro atoms. The van der Waals surface area contributed by atoms with E-state index in [1.165, 1.54) is 32.2 Å². The summed E-state index contributed by atoms with van der Waals surface area (Å²) in [6.45, 7) is 3.58. The van der Waals surface area contributed by atoms with Gasteiger partial charge in [0.05, 0.1) is 5.37 Å². The third-order valence-corrected chi connectivity index (χ3v) is 4.93. The van der Waals surface area contributed by atoms with E-state index in [1.54, 1.807) is 6.42 Å². The van der Waals surface area contributed by atoms with Crippen LogP contribution in [0.3, 0.4) is 0 Å². The highest BCUT2D eigenvalue weighted by Gasteiger charge is 2.43. The van der Waals surface area contributed by atoms with E-state index in [0.29, 0.717) is 5.37 Å².